The number of nitrogens with zero attached hydrogens (tertiary/aromatic N) is 1. The summed E-state index contributed by atoms with van der Waals surface area (Å²) < 4.78 is 0. The van der Waals surface area contributed by atoms with Crippen LogP contribution in [0.5, 0.6) is 0 Å². The fourth-order valence-corrected chi connectivity index (χ4v) is 1.78. The zero-order chi connectivity index (χ0) is 12.1. The highest BCUT2D eigenvalue weighted by molar-refractivity contribution is 5.81. The van der Waals surface area contributed by atoms with Gasteiger partial charge in [-0.2, -0.15) is 0 Å². The van der Waals surface area contributed by atoms with E-state index in [0.717, 1.165) is 12.1 Å². The van der Waals surface area contributed by atoms with Gasteiger partial charge in [-0.1, -0.05) is 48.5 Å². The Bertz CT molecular complexity index is 511. The number of nitrogens with two attached hydrogens (primary N) is 1. The number of hydrogen-bond acceptors (Lipinski definition) is 1. The van der Waals surface area contributed by atoms with E-state index in [9.17, 15) is 0 Å². The first kappa shape index (κ1) is 11.4. The van der Waals surface area contributed by atoms with E-state index < -0.39 is 0 Å². The summed E-state index contributed by atoms with van der Waals surface area (Å²) >= 11 is 0. The van der Waals surface area contributed by atoms with Gasteiger partial charge in [-0.05, 0) is 30.5 Å². The summed E-state index contributed by atoms with van der Waals surface area (Å²) in [5.41, 5.74) is 9.07. The second-order valence-electron chi connectivity index (χ2n) is 4.04. The number of para-hydroxylation sites is 1. The van der Waals surface area contributed by atoms with E-state index in [1.54, 1.807) is 6.92 Å². The molecule has 0 saturated carbocycles. The molecule has 2 nitrogen and oxygen atoms in total. The standard InChI is InChI=1S/C15H16N2/c1-12(16)17-15-10-6-5-9-14(15)11-13-7-3-2-4-8-13/h2-10H,11H2,1H3,(H2,16,17). The predicted octanol–water partition coefficient (Wildman–Crippen LogP) is 3.29. The highest BCUT2D eigenvalue weighted by Gasteiger charge is 2.01. The summed E-state index contributed by atoms with van der Waals surface area (Å²) in [7, 11) is 0. The van der Waals surface area contributed by atoms with Crippen molar-refractivity contribution in [2.24, 2.45) is 10.7 Å². The van der Waals surface area contributed by atoms with Crippen molar-refractivity contribution in [3.8, 4) is 0 Å². The Morgan fingerprint density at radius 3 is 2.35 bits per heavy atom. The number of amidine groups is 1. The normalized spacial score (nSPS) is 11.5. The van der Waals surface area contributed by atoms with E-state index in [0.29, 0.717) is 5.84 Å². The largest absolute Gasteiger partial charge is 0.387 e. The van der Waals surface area contributed by atoms with Crippen LogP contribution in [0.25, 0.3) is 0 Å². The molecule has 0 aromatic heterocycles. The Morgan fingerprint density at radius 1 is 1.00 bits per heavy atom. The van der Waals surface area contributed by atoms with Gasteiger partial charge in [-0.3, -0.25) is 0 Å². The Hall–Kier alpha value is -2.09. The van der Waals surface area contributed by atoms with E-state index in [2.05, 4.69) is 35.3 Å². The molecule has 2 rings (SSSR count). The molecule has 0 radical (unpaired) electrons. The average molecular weight is 224 g/mol. The van der Waals surface area contributed by atoms with Crippen LogP contribution >= 0.6 is 0 Å². The summed E-state index contributed by atoms with van der Waals surface area (Å²) in [6, 6.07) is 18.5. The Kier molecular flexibility index (Phi) is 3.55. The van der Waals surface area contributed by atoms with Crippen LogP contribution in [0.1, 0.15) is 18.1 Å². The molecule has 86 valence electrons. The molecule has 2 aromatic rings. The molecule has 0 aliphatic rings. The first-order valence-corrected chi connectivity index (χ1v) is 5.68. The minimum Gasteiger partial charge on any atom is -0.387 e. The molecule has 0 aliphatic carbocycles. The van der Waals surface area contributed by atoms with E-state index in [1.165, 1.54) is 11.1 Å². The molecule has 0 atom stereocenters. The first-order chi connectivity index (χ1) is 8.25. The highest BCUT2D eigenvalue weighted by Crippen LogP contribution is 2.21. The van der Waals surface area contributed by atoms with E-state index in [1.807, 2.05) is 24.3 Å². The van der Waals surface area contributed by atoms with E-state index in [-0.39, 0.29) is 0 Å². The molecule has 0 bridgehead atoms. The van der Waals surface area contributed by atoms with Gasteiger partial charge < -0.3 is 5.73 Å². The zero-order valence-corrected chi connectivity index (χ0v) is 9.93. The van der Waals surface area contributed by atoms with Crippen molar-refractivity contribution < 1.29 is 0 Å². The molecule has 17 heavy (non-hydrogen) atoms. The Morgan fingerprint density at radius 2 is 1.65 bits per heavy atom. The van der Waals surface area contributed by atoms with Crippen LogP contribution in [0.2, 0.25) is 0 Å². The summed E-state index contributed by atoms with van der Waals surface area (Å²) in [6.45, 7) is 1.80. The number of hydrogen-bond donors (Lipinski definition) is 1. The monoisotopic (exact) mass is 224 g/mol. The highest BCUT2D eigenvalue weighted by atomic mass is 14.8. The number of benzene rings is 2. The smallest absolute Gasteiger partial charge is 0.0965 e. The maximum absolute atomic E-state index is 5.64. The van der Waals surface area contributed by atoms with Crippen molar-refractivity contribution in [2.45, 2.75) is 13.3 Å². The van der Waals surface area contributed by atoms with Gasteiger partial charge >= 0.3 is 0 Å². The van der Waals surface area contributed by atoms with Gasteiger partial charge in [-0.25, -0.2) is 4.99 Å². The second kappa shape index (κ2) is 5.30. The third kappa shape index (κ3) is 3.18. The van der Waals surface area contributed by atoms with Gasteiger partial charge in [0.25, 0.3) is 0 Å². The molecule has 0 amide bonds. The predicted molar refractivity (Wildman–Crippen MR) is 72.6 cm³/mol. The molecule has 2 N–H and O–H groups in total. The quantitative estimate of drug-likeness (QED) is 0.630. The Balaban J connectivity index is 2.30. The van der Waals surface area contributed by atoms with Crippen LogP contribution in [0.3, 0.4) is 0 Å². The van der Waals surface area contributed by atoms with Crippen LogP contribution < -0.4 is 5.73 Å². The number of aliphatic imine (C=N–C) groups is 1. The van der Waals surface area contributed by atoms with Crippen LogP contribution in [-0.2, 0) is 6.42 Å². The molecule has 2 aromatic carbocycles. The van der Waals surface area contributed by atoms with Crippen LogP contribution in [0.15, 0.2) is 59.6 Å². The lowest BCUT2D eigenvalue weighted by molar-refractivity contribution is 1.18. The molecular formula is C15H16N2. The van der Waals surface area contributed by atoms with Crippen molar-refractivity contribution in [2.75, 3.05) is 0 Å². The fourth-order valence-electron chi connectivity index (χ4n) is 1.78. The van der Waals surface area contributed by atoms with Gasteiger partial charge in [0.2, 0.25) is 0 Å². The summed E-state index contributed by atoms with van der Waals surface area (Å²) in [5, 5.41) is 0. The molecule has 0 saturated heterocycles. The molecule has 0 heterocycles. The minimum absolute atomic E-state index is 0.588. The molecular weight excluding hydrogens is 208 g/mol. The lowest BCUT2D eigenvalue weighted by Gasteiger charge is -2.06. The molecule has 0 aliphatic heterocycles. The van der Waals surface area contributed by atoms with Crippen molar-refractivity contribution in [3.05, 3.63) is 65.7 Å². The first-order valence-electron chi connectivity index (χ1n) is 5.68. The summed E-state index contributed by atoms with van der Waals surface area (Å²) in [5.74, 6) is 0.588. The molecule has 2 heteroatoms. The minimum atomic E-state index is 0.588. The van der Waals surface area contributed by atoms with Gasteiger partial charge in [0, 0.05) is 0 Å². The maximum Gasteiger partial charge on any atom is 0.0965 e. The van der Waals surface area contributed by atoms with Gasteiger partial charge in [0.05, 0.1) is 11.5 Å². The van der Waals surface area contributed by atoms with E-state index in [4.69, 9.17) is 5.73 Å². The van der Waals surface area contributed by atoms with Gasteiger partial charge in [-0.15, -0.1) is 0 Å². The van der Waals surface area contributed by atoms with Gasteiger partial charge in [0.1, 0.15) is 0 Å². The lowest BCUT2D eigenvalue weighted by Crippen LogP contribution is -2.04. The maximum atomic E-state index is 5.64. The average Bonchev–Trinajstić information content (AvgIpc) is 2.32. The second-order valence-corrected chi connectivity index (χ2v) is 4.04. The van der Waals surface area contributed by atoms with Crippen LogP contribution in [0.4, 0.5) is 5.69 Å². The van der Waals surface area contributed by atoms with E-state index >= 15 is 0 Å². The SMILES string of the molecule is CC(N)=Nc1ccccc1Cc1ccccc1. The number of rotatable bonds is 3. The van der Waals surface area contributed by atoms with Crippen molar-refractivity contribution >= 4 is 11.5 Å². The van der Waals surface area contributed by atoms with Crippen LogP contribution in [-0.4, -0.2) is 5.84 Å². The molecule has 0 spiro atoms. The summed E-state index contributed by atoms with van der Waals surface area (Å²) in [6.07, 6.45) is 0.883. The van der Waals surface area contributed by atoms with Crippen LogP contribution in [0, 0.1) is 0 Å². The fraction of sp³-hybridized carbons (Fsp3) is 0.133. The lowest BCUT2D eigenvalue weighted by atomic mass is 10.0. The molecule has 0 fully saturated rings. The Labute approximate surface area is 102 Å². The third-order valence-electron chi connectivity index (χ3n) is 2.53. The van der Waals surface area contributed by atoms with Crippen molar-refractivity contribution in [1.82, 2.24) is 0 Å². The topological polar surface area (TPSA) is 38.4 Å². The van der Waals surface area contributed by atoms with Gasteiger partial charge in [0.15, 0.2) is 0 Å². The third-order valence-corrected chi connectivity index (χ3v) is 2.53. The van der Waals surface area contributed by atoms with Crippen molar-refractivity contribution in [3.63, 3.8) is 0 Å². The molecule has 0 unspecified atom stereocenters. The summed E-state index contributed by atoms with van der Waals surface area (Å²) in [4.78, 5) is 4.35. The van der Waals surface area contributed by atoms with Crippen molar-refractivity contribution in [1.29, 1.82) is 0 Å². The zero-order valence-electron chi connectivity index (χ0n) is 9.93.